The van der Waals surface area contributed by atoms with Gasteiger partial charge in [0.05, 0.1) is 5.56 Å². The minimum Gasteiger partial charge on any atom is -0.384 e. The summed E-state index contributed by atoms with van der Waals surface area (Å²) in [6, 6.07) is 2.70. The van der Waals surface area contributed by atoms with E-state index in [0.717, 1.165) is 11.3 Å². The third-order valence-corrected chi connectivity index (χ3v) is 4.05. The lowest BCUT2D eigenvalue weighted by Gasteiger charge is -2.21. The van der Waals surface area contributed by atoms with Crippen molar-refractivity contribution in [3.8, 4) is 6.07 Å². The molecule has 1 aliphatic carbocycles. The van der Waals surface area contributed by atoms with Crippen LogP contribution in [0.3, 0.4) is 0 Å². The number of nitriles is 1. The predicted octanol–water partition coefficient (Wildman–Crippen LogP) is 2.92. The third kappa shape index (κ3) is 1.41. The molecule has 16 heavy (non-hydrogen) atoms. The number of nitrogens with zero attached hydrogens (tertiary/aromatic N) is 2. The van der Waals surface area contributed by atoms with Gasteiger partial charge in [0.25, 0.3) is 0 Å². The SMILES string of the molecule is Cc1c(C#N)c(N)n(C2CCCC2C)c1C. The van der Waals surface area contributed by atoms with Crippen LogP contribution < -0.4 is 5.73 Å². The van der Waals surface area contributed by atoms with E-state index in [-0.39, 0.29) is 0 Å². The fraction of sp³-hybridized carbons (Fsp3) is 0.615. The standard InChI is InChI=1S/C13H19N3/c1-8-5-4-6-12(8)16-10(3)9(2)11(7-14)13(16)15/h8,12H,4-6,15H2,1-3H3. The zero-order valence-electron chi connectivity index (χ0n) is 10.2. The summed E-state index contributed by atoms with van der Waals surface area (Å²) in [5.74, 6) is 1.33. The number of nitrogens with two attached hydrogens (primary N) is 1. The molecule has 1 aromatic rings. The van der Waals surface area contributed by atoms with Gasteiger partial charge in [-0.2, -0.15) is 5.26 Å². The summed E-state index contributed by atoms with van der Waals surface area (Å²) >= 11 is 0. The van der Waals surface area contributed by atoms with Crippen LogP contribution in [-0.4, -0.2) is 4.57 Å². The molecule has 2 atom stereocenters. The predicted molar refractivity (Wildman–Crippen MR) is 65.1 cm³/mol. The van der Waals surface area contributed by atoms with Gasteiger partial charge in [-0.3, -0.25) is 0 Å². The Morgan fingerprint density at radius 2 is 2.06 bits per heavy atom. The quantitative estimate of drug-likeness (QED) is 0.786. The molecular formula is C13H19N3. The monoisotopic (exact) mass is 217 g/mol. The van der Waals surface area contributed by atoms with Crippen molar-refractivity contribution in [2.75, 3.05) is 5.73 Å². The Morgan fingerprint density at radius 3 is 2.50 bits per heavy atom. The van der Waals surface area contributed by atoms with Crippen LogP contribution in [-0.2, 0) is 0 Å². The molecule has 2 N–H and O–H groups in total. The van der Waals surface area contributed by atoms with Gasteiger partial charge in [0, 0.05) is 11.7 Å². The van der Waals surface area contributed by atoms with E-state index in [2.05, 4.69) is 24.5 Å². The van der Waals surface area contributed by atoms with E-state index in [4.69, 9.17) is 11.0 Å². The van der Waals surface area contributed by atoms with Gasteiger partial charge in [0.15, 0.2) is 0 Å². The molecule has 3 nitrogen and oxygen atoms in total. The van der Waals surface area contributed by atoms with E-state index in [0.29, 0.717) is 23.3 Å². The first-order valence-corrected chi connectivity index (χ1v) is 5.94. The summed E-state index contributed by atoms with van der Waals surface area (Å²) in [5, 5.41) is 9.10. The number of anilines is 1. The minimum atomic E-state index is 0.487. The van der Waals surface area contributed by atoms with Crippen LogP contribution in [0.2, 0.25) is 0 Å². The average Bonchev–Trinajstić information content (AvgIpc) is 2.73. The highest BCUT2D eigenvalue weighted by atomic mass is 15.1. The van der Waals surface area contributed by atoms with E-state index < -0.39 is 0 Å². The molecule has 1 aliphatic rings. The zero-order chi connectivity index (χ0) is 11.9. The Balaban J connectivity index is 2.53. The Morgan fingerprint density at radius 1 is 1.38 bits per heavy atom. The zero-order valence-corrected chi connectivity index (χ0v) is 10.2. The van der Waals surface area contributed by atoms with Crippen molar-refractivity contribution in [1.29, 1.82) is 5.26 Å². The lowest BCUT2D eigenvalue weighted by atomic mass is 10.1. The molecule has 2 rings (SSSR count). The average molecular weight is 217 g/mol. The van der Waals surface area contributed by atoms with Crippen molar-refractivity contribution < 1.29 is 0 Å². The normalized spacial score (nSPS) is 24.6. The molecule has 0 amide bonds. The molecule has 0 radical (unpaired) electrons. The number of hydrogen-bond donors (Lipinski definition) is 1. The summed E-state index contributed by atoms with van der Waals surface area (Å²) < 4.78 is 2.19. The maximum absolute atomic E-state index is 9.10. The van der Waals surface area contributed by atoms with Crippen LogP contribution in [0.5, 0.6) is 0 Å². The summed E-state index contributed by atoms with van der Waals surface area (Å²) in [4.78, 5) is 0. The first-order chi connectivity index (χ1) is 7.57. The lowest BCUT2D eigenvalue weighted by molar-refractivity contribution is 0.407. The molecule has 2 unspecified atom stereocenters. The van der Waals surface area contributed by atoms with E-state index >= 15 is 0 Å². The van der Waals surface area contributed by atoms with Gasteiger partial charge in [-0.1, -0.05) is 13.3 Å². The van der Waals surface area contributed by atoms with Crippen molar-refractivity contribution in [2.24, 2.45) is 5.92 Å². The van der Waals surface area contributed by atoms with Crippen LogP contribution in [0.4, 0.5) is 5.82 Å². The van der Waals surface area contributed by atoms with Crippen molar-refractivity contribution in [1.82, 2.24) is 4.57 Å². The van der Waals surface area contributed by atoms with Gasteiger partial charge in [-0.25, -0.2) is 0 Å². The van der Waals surface area contributed by atoms with Gasteiger partial charge in [0.1, 0.15) is 11.9 Å². The Labute approximate surface area is 96.9 Å². The fourth-order valence-corrected chi connectivity index (χ4v) is 2.93. The summed E-state index contributed by atoms with van der Waals surface area (Å²) in [7, 11) is 0. The van der Waals surface area contributed by atoms with Crippen LogP contribution in [0.25, 0.3) is 0 Å². The van der Waals surface area contributed by atoms with Crippen molar-refractivity contribution in [3.05, 3.63) is 16.8 Å². The molecule has 1 saturated carbocycles. The first-order valence-electron chi connectivity index (χ1n) is 5.94. The Bertz CT molecular complexity index is 451. The molecule has 0 spiro atoms. The highest BCUT2D eigenvalue weighted by molar-refractivity contribution is 5.58. The Hall–Kier alpha value is -1.43. The third-order valence-electron chi connectivity index (χ3n) is 4.05. The molecule has 86 valence electrons. The molecule has 0 aliphatic heterocycles. The second kappa shape index (κ2) is 3.86. The van der Waals surface area contributed by atoms with E-state index in [1.54, 1.807) is 0 Å². The molecule has 1 fully saturated rings. The van der Waals surface area contributed by atoms with E-state index in [1.807, 2.05) is 6.92 Å². The van der Waals surface area contributed by atoms with E-state index in [1.165, 1.54) is 19.3 Å². The van der Waals surface area contributed by atoms with Crippen LogP contribution in [0.15, 0.2) is 0 Å². The summed E-state index contributed by atoms with van der Waals surface area (Å²) in [6.07, 6.45) is 3.72. The van der Waals surface area contributed by atoms with Crippen molar-refractivity contribution in [2.45, 2.75) is 46.1 Å². The summed E-state index contributed by atoms with van der Waals surface area (Å²) in [6.45, 7) is 6.33. The second-order valence-electron chi connectivity index (χ2n) is 4.93. The maximum Gasteiger partial charge on any atom is 0.122 e. The second-order valence-corrected chi connectivity index (χ2v) is 4.93. The fourth-order valence-electron chi connectivity index (χ4n) is 2.93. The topological polar surface area (TPSA) is 54.7 Å². The van der Waals surface area contributed by atoms with Gasteiger partial charge in [-0.15, -0.1) is 0 Å². The van der Waals surface area contributed by atoms with Gasteiger partial charge < -0.3 is 10.3 Å². The molecule has 0 bridgehead atoms. The molecule has 1 aromatic heterocycles. The van der Waals surface area contributed by atoms with Crippen LogP contribution in [0, 0.1) is 31.1 Å². The number of aromatic nitrogens is 1. The minimum absolute atomic E-state index is 0.487. The maximum atomic E-state index is 9.10. The highest BCUT2D eigenvalue weighted by Crippen LogP contribution is 2.40. The number of nitrogen functional groups attached to an aromatic ring is 1. The molecule has 3 heteroatoms. The molecule has 0 aromatic carbocycles. The van der Waals surface area contributed by atoms with Gasteiger partial charge >= 0.3 is 0 Å². The largest absolute Gasteiger partial charge is 0.384 e. The smallest absolute Gasteiger partial charge is 0.122 e. The molecule has 0 saturated heterocycles. The first kappa shape index (κ1) is 11.1. The number of rotatable bonds is 1. The van der Waals surface area contributed by atoms with Crippen LogP contribution in [0.1, 0.15) is 49.0 Å². The van der Waals surface area contributed by atoms with E-state index in [9.17, 15) is 0 Å². The van der Waals surface area contributed by atoms with Gasteiger partial charge in [-0.05, 0) is 38.2 Å². The number of hydrogen-bond acceptors (Lipinski definition) is 2. The lowest BCUT2D eigenvalue weighted by Crippen LogP contribution is -2.15. The van der Waals surface area contributed by atoms with Crippen LogP contribution >= 0.6 is 0 Å². The summed E-state index contributed by atoms with van der Waals surface area (Å²) in [5.41, 5.74) is 8.96. The van der Waals surface area contributed by atoms with Crippen molar-refractivity contribution >= 4 is 5.82 Å². The highest BCUT2D eigenvalue weighted by Gasteiger charge is 2.29. The van der Waals surface area contributed by atoms with Crippen molar-refractivity contribution in [3.63, 3.8) is 0 Å². The Kier molecular flexibility index (Phi) is 2.67. The van der Waals surface area contributed by atoms with Gasteiger partial charge in [0.2, 0.25) is 0 Å². The molecular weight excluding hydrogens is 198 g/mol. The molecule has 1 heterocycles.